The summed E-state index contributed by atoms with van der Waals surface area (Å²) in [6.45, 7) is 3.08. The molecule has 8 nitrogen and oxygen atoms in total. The normalized spacial score (nSPS) is 12.3. The van der Waals surface area contributed by atoms with Crippen molar-refractivity contribution in [3.05, 3.63) is 82.4 Å². The van der Waals surface area contributed by atoms with Gasteiger partial charge in [0.15, 0.2) is 23.0 Å². The number of ether oxygens (including phenoxy) is 4. The average Bonchev–Trinajstić information content (AvgIpc) is 2.85. The third-order valence-electron chi connectivity index (χ3n) is 4.75. The number of carbonyl (C=O) groups excluding carboxylic acids is 2. The number of fused-ring (bicyclic) bond motifs is 1. The summed E-state index contributed by atoms with van der Waals surface area (Å²) in [5.41, 5.74) is 3.74. The van der Waals surface area contributed by atoms with E-state index in [1.54, 1.807) is 60.7 Å². The van der Waals surface area contributed by atoms with E-state index in [9.17, 15) is 9.59 Å². The molecular weight excluding hydrogens is 460 g/mol. The van der Waals surface area contributed by atoms with Crippen LogP contribution in [-0.4, -0.2) is 37.9 Å². The lowest BCUT2D eigenvalue weighted by Gasteiger charge is -2.18. The lowest BCUT2D eigenvalue weighted by Crippen LogP contribution is -2.19. The molecule has 1 heterocycles. The van der Waals surface area contributed by atoms with Crippen LogP contribution in [0.3, 0.4) is 0 Å². The number of hydrogen-bond acceptors (Lipinski definition) is 7. The van der Waals surface area contributed by atoms with Crippen molar-refractivity contribution < 1.29 is 28.5 Å². The Bertz CT molecular complexity index is 1240. The fourth-order valence-corrected chi connectivity index (χ4v) is 3.37. The highest BCUT2D eigenvalue weighted by atomic mass is 35.5. The van der Waals surface area contributed by atoms with Crippen LogP contribution < -0.4 is 24.4 Å². The van der Waals surface area contributed by atoms with E-state index in [1.807, 2.05) is 6.92 Å². The predicted molar refractivity (Wildman–Crippen MR) is 127 cm³/mol. The summed E-state index contributed by atoms with van der Waals surface area (Å²) in [4.78, 5) is 24.9. The molecule has 4 rings (SSSR count). The van der Waals surface area contributed by atoms with Crippen molar-refractivity contribution in [1.82, 2.24) is 5.43 Å². The molecule has 0 unspecified atom stereocenters. The van der Waals surface area contributed by atoms with E-state index in [0.717, 1.165) is 0 Å². The van der Waals surface area contributed by atoms with Crippen LogP contribution in [-0.2, 0) is 0 Å². The standard InChI is InChI=1S/C25H21ClN2O6/c1-2-31-22-13-16(7-9-21(22)34-25(30)18-5-3-4-6-19(18)26)15-27-28-24(29)17-8-10-20-23(14-17)33-12-11-32-20/h3-10,13-15H,2,11-12H2,1H3,(H,28,29)/b27-15+. The van der Waals surface area contributed by atoms with E-state index < -0.39 is 11.9 Å². The summed E-state index contributed by atoms with van der Waals surface area (Å²) < 4.78 is 22.0. The average molecular weight is 481 g/mol. The Morgan fingerprint density at radius 3 is 2.62 bits per heavy atom. The van der Waals surface area contributed by atoms with Crippen LogP contribution in [0.15, 0.2) is 65.8 Å². The smallest absolute Gasteiger partial charge is 0.345 e. The lowest BCUT2D eigenvalue weighted by molar-refractivity contribution is 0.0728. The summed E-state index contributed by atoms with van der Waals surface area (Å²) in [6.07, 6.45) is 1.46. The molecule has 0 saturated carbocycles. The monoisotopic (exact) mass is 480 g/mol. The number of esters is 1. The van der Waals surface area contributed by atoms with E-state index in [-0.39, 0.29) is 11.3 Å². The molecule has 0 spiro atoms. The van der Waals surface area contributed by atoms with Gasteiger partial charge in [0.1, 0.15) is 13.2 Å². The second-order valence-corrected chi connectivity index (χ2v) is 7.47. The molecule has 0 aromatic heterocycles. The molecule has 0 bridgehead atoms. The van der Waals surface area contributed by atoms with E-state index in [2.05, 4.69) is 10.5 Å². The molecule has 1 aliphatic heterocycles. The Balaban J connectivity index is 1.44. The molecule has 0 fully saturated rings. The number of hydrogen-bond donors (Lipinski definition) is 1. The van der Waals surface area contributed by atoms with Crippen molar-refractivity contribution in [2.45, 2.75) is 6.92 Å². The van der Waals surface area contributed by atoms with Crippen molar-refractivity contribution in [3.63, 3.8) is 0 Å². The number of hydrazone groups is 1. The Labute approximate surface area is 201 Å². The van der Waals surface area contributed by atoms with E-state index in [0.29, 0.717) is 53.2 Å². The van der Waals surface area contributed by atoms with Crippen LogP contribution >= 0.6 is 11.6 Å². The van der Waals surface area contributed by atoms with Gasteiger partial charge in [-0.1, -0.05) is 23.7 Å². The molecule has 34 heavy (non-hydrogen) atoms. The van der Waals surface area contributed by atoms with E-state index in [1.165, 1.54) is 6.21 Å². The topological polar surface area (TPSA) is 95.5 Å². The van der Waals surface area contributed by atoms with Crippen LogP contribution in [0.2, 0.25) is 5.02 Å². The Kier molecular flexibility index (Phi) is 7.29. The van der Waals surface area contributed by atoms with E-state index >= 15 is 0 Å². The summed E-state index contributed by atoms with van der Waals surface area (Å²) in [6, 6.07) is 16.5. The van der Waals surface area contributed by atoms with Gasteiger partial charge in [0.2, 0.25) is 0 Å². The number of carbonyl (C=O) groups is 2. The van der Waals surface area contributed by atoms with E-state index in [4.69, 9.17) is 30.5 Å². The first-order valence-electron chi connectivity index (χ1n) is 10.5. The van der Waals surface area contributed by atoms with Crippen molar-refractivity contribution in [2.75, 3.05) is 19.8 Å². The van der Waals surface area contributed by atoms with Gasteiger partial charge in [-0.05, 0) is 61.0 Å². The molecule has 174 valence electrons. The van der Waals surface area contributed by atoms with Crippen LogP contribution in [0.1, 0.15) is 33.2 Å². The van der Waals surface area contributed by atoms with Gasteiger partial charge in [-0.25, -0.2) is 10.2 Å². The highest BCUT2D eigenvalue weighted by molar-refractivity contribution is 6.33. The molecule has 1 aliphatic rings. The fourth-order valence-electron chi connectivity index (χ4n) is 3.15. The zero-order chi connectivity index (χ0) is 23.9. The minimum absolute atomic E-state index is 0.240. The Morgan fingerprint density at radius 1 is 1.03 bits per heavy atom. The summed E-state index contributed by atoms with van der Waals surface area (Å²) in [5.74, 6) is 0.716. The van der Waals surface area contributed by atoms with Crippen LogP contribution in [0.5, 0.6) is 23.0 Å². The summed E-state index contributed by atoms with van der Waals surface area (Å²) in [5, 5.41) is 4.30. The van der Waals surface area contributed by atoms with Crippen molar-refractivity contribution >= 4 is 29.7 Å². The zero-order valence-corrected chi connectivity index (χ0v) is 19.0. The number of nitrogens with zero attached hydrogens (tertiary/aromatic N) is 1. The second-order valence-electron chi connectivity index (χ2n) is 7.07. The quantitative estimate of drug-likeness (QED) is 0.232. The molecule has 1 N–H and O–H groups in total. The highest BCUT2D eigenvalue weighted by Gasteiger charge is 2.16. The number of nitrogens with one attached hydrogen (secondary N) is 1. The van der Waals surface area contributed by atoms with Crippen molar-refractivity contribution in [2.24, 2.45) is 5.10 Å². The first kappa shape index (κ1) is 23.1. The minimum atomic E-state index is -0.598. The highest BCUT2D eigenvalue weighted by Crippen LogP contribution is 2.31. The van der Waals surface area contributed by atoms with Crippen LogP contribution in [0.25, 0.3) is 0 Å². The van der Waals surface area contributed by atoms with Gasteiger partial charge in [-0.15, -0.1) is 0 Å². The molecule has 0 saturated heterocycles. The number of benzene rings is 3. The number of rotatable bonds is 7. The predicted octanol–water partition coefficient (Wildman–Crippen LogP) is 4.49. The van der Waals surface area contributed by atoms with Crippen LogP contribution in [0.4, 0.5) is 0 Å². The third-order valence-corrected chi connectivity index (χ3v) is 5.08. The molecular formula is C25H21ClN2O6. The van der Waals surface area contributed by atoms with Gasteiger partial charge in [0.25, 0.3) is 5.91 Å². The first-order chi connectivity index (χ1) is 16.5. The zero-order valence-electron chi connectivity index (χ0n) is 18.2. The minimum Gasteiger partial charge on any atom is -0.490 e. The molecule has 0 aliphatic carbocycles. The summed E-state index contributed by atoms with van der Waals surface area (Å²) in [7, 11) is 0. The maximum absolute atomic E-state index is 12.5. The molecule has 0 atom stereocenters. The second kappa shape index (κ2) is 10.7. The Hall–Kier alpha value is -4.04. The molecule has 3 aromatic carbocycles. The number of amides is 1. The van der Waals surface area contributed by atoms with Gasteiger partial charge in [0, 0.05) is 5.56 Å². The van der Waals surface area contributed by atoms with Gasteiger partial charge in [-0.2, -0.15) is 5.10 Å². The van der Waals surface area contributed by atoms with Gasteiger partial charge >= 0.3 is 5.97 Å². The molecule has 0 radical (unpaired) electrons. The van der Waals surface area contributed by atoms with Gasteiger partial charge in [0.05, 0.1) is 23.4 Å². The van der Waals surface area contributed by atoms with Gasteiger partial charge in [-0.3, -0.25) is 4.79 Å². The van der Waals surface area contributed by atoms with Crippen LogP contribution in [0, 0.1) is 0 Å². The maximum Gasteiger partial charge on any atom is 0.345 e. The molecule has 3 aromatic rings. The summed E-state index contributed by atoms with van der Waals surface area (Å²) >= 11 is 6.08. The lowest BCUT2D eigenvalue weighted by atomic mass is 10.2. The SMILES string of the molecule is CCOc1cc(/C=N/NC(=O)c2ccc3c(c2)OCCO3)ccc1OC(=O)c1ccccc1Cl. The largest absolute Gasteiger partial charge is 0.490 e. The number of halogens is 1. The van der Waals surface area contributed by atoms with Gasteiger partial charge < -0.3 is 18.9 Å². The fraction of sp³-hybridized carbons (Fsp3) is 0.160. The Morgan fingerprint density at radius 2 is 1.82 bits per heavy atom. The first-order valence-corrected chi connectivity index (χ1v) is 10.9. The third kappa shape index (κ3) is 5.47. The van der Waals surface area contributed by atoms with Crippen molar-refractivity contribution in [3.8, 4) is 23.0 Å². The van der Waals surface area contributed by atoms with Crippen molar-refractivity contribution in [1.29, 1.82) is 0 Å². The molecule has 9 heteroatoms. The molecule has 1 amide bonds. The maximum atomic E-state index is 12.5.